The summed E-state index contributed by atoms with van der Waals surface area (Å²) in [5, 5.41) is 7.35. The quantitative estimate of drug-likeness (QED) is 0.457. The SMILES string of the molecule is C=CC(=O)N(CC)CC1CC(n2nc(-c3ccc(Oc4ccccc4)cn3)c(C(=O)NC)c2N)C1. The second-order valence-corrected chi connectivity index (χ2v) is 8.50. The molecule has 2 heterocycles. The number of carbonyl (C=O) groups is 2. The van der Waals surface area contributed by atoms with E-state index in [1.165, 1.54) is 6.08 Å². The molecule has 0 unspecified atom stereocenters. The fourth-order valence-corrected chi connectivity index (χ4v) is 4.32. The Morgan fingerprint density at radius 2 is 1.97 bits per heavy atom. The van der Waals surface area contributed by atoms with Crippen LogP contribution < -0.4 is 15.8 Å². The molecule has 2 aromatic heterocycles. The van der Waals surface area contributed by atoms with Crippen LogP contribution in [0.2, 0.25) is 0 Å². The molecule has 2 amide bonds. The first kappa shape index (κ1) is 24.0. The van der Waals surface area contributed by atoms with Crippen LogP contribution in [-0.4, -0.2) is 51.6 Å². The number of hydrogen-bond acceptors (Lipinski definition) is 6. The Balaban J connectivity index is 1.53. The van der Waals surface area contributed by atoms with E-state index < -0.39 is 0 Å². The average Bonchev–Trinajstić information content (AvgIpc) is 3.20. The maximum absolute atomic E-state index is 12.7. The minimum atomic E-state index is -0.320. The Bertz CT molecular complexity index is 1200. The Morgan fingerprint density at radius 3 is 2.57 bits per heavy atom. The number of nitrogen functional groups attached to an aromatic ring is 1. The van der Waals surface area contributed by atoms with Crippen LogP contribution >= 0.6 is 0 Å². The van der Waals surface area contributed by atoms with Crippen LogP contribution in [0.1, 0.15) is 36.2 Å². The van der Waals surface area contributed by atoms with Crippen LogP contribution in [0.15, 0.2) is 61.3 Å². The highest BCUT2D eigenvalue weighted by Crippen LogP contribution is 2.41. The van der Waals surface area contributed by atoms with Gasteiger partial charge in [0.1, 0.15) is 28.6 Å². The van der Waals surface area contributed by atoms with Crippen molar-refractivity contribution in [2.45, 2.75) is 25.8 Å². The van der Waals surface area contributed by atoms with Crippen molar-refractivity contribution in [2.24, 2.45) is 5.92 Å². The Morgan fingerprint density at radius 1 is 1.23 bits per heavy atom. The molecule has 3 N–H and O–H groups in total. The van der Waals surface area contributed by atoms with E-state index in [4.69, 9.17) is 15.6 Å². The lowest BCUT2D eigenvalue weighted by atomic mass is 9.80. The number of likely N-dealkylation sites (N-methyl/N-ethyl adjacent to an activating group) is 1. The van der Waals surface area contributed by atoms with E-state index >= 15 is 0 Å². The molecule has 0 atom stereocenters. The smallest absolute Gasteiger partial charge is 0.257 e. The van der Waals surface area contributed by atoms with Crippen LogP contribution in [-0.2, 0) is 4.79 Å². The second-order valence-electron chi connectivity index (χ2n) is 8.50. The molecule has 1 aliphatic carbocycles. The van der Waals surface area contributed by atoms with Crippen molar-refractivity contribution in [3.63, 3.8) is 0 Å². The summed E-state index contributed by atoms with van der Waals surface area (Å²) in [6, 6.07) is 13.0. The maximum atomic E-state index is 12.7. The third kappa shape index (κ3) is 5.03. The van der Waals surface area contributed by atoms with Crippen molar-refractivity contribution in [2.75, 3.05) is 25.9 Å². The van der Waals surface area contributed by atoms with Crippen molar-refractivity contribution >= 4 is 17.6 Å². The van der Waals surface area contributed by atoms with Gasteiger partial charge in [-0.2, -0.15) is 5.10 Å². The summed E-state index contributed by atoms with van der Waals surface area (Å²) in [5.74, 6) is 1.54. The number of nitrogens with zero attached hydrogens (tertiary/aromatic N) is 4. The predicted octanol–water partition coefficient (Wildman–Crippen LogP) is 3.66. The topological polar surface area (TPSA) is 115 Å². The normalized spacial score (nSPS) is 16.7. The Kier molecular flexibility index (Phi) is 7.14. The largest absolute Gasteiger partial charge is 0.456 e. The highest BCUT2D eigenvalue weighted by molar-refractivity contribution is 6.03. The summed E-state index contributed by atoms with van der Waals surface area (Å²) in [6.07, 6.45) is 4.57. The van der Waals surface area contributed by atoms with Gasteiger partial charge in [0, 0.05) is 20.1 Å². The van der Waals surface area contributed by atoms with Gasteiger partial charge in [0.05, 0.1) is 17.9 Å². The van der Waals surface area contributed by atoms with Crippen LogP contribution in [0.25, 0.3) is 11.4 Å². The number of nitrogens with one attached hydrogen (secondary N) is 1. The molecular formula is C26H30N6O3. The van der Waals surface area contributed by atoms with E-state index in [1.54, 1.807) is 35.0 Å². The number of aromatic nitrogens is 3. The number of nitrogens with two attached hydrogens (primary N) is 1. The van der Waals surface area contributed by atoms with Crippen LogP contribution in [0.5, 0.6) is 11.5 Å². The van der Waals surface area contributed by atoms with Gasteiger partial charge in [-0.3, -0.25) is 14.6 Å². The molecule has 1 aliphatic rings. The highest BCUT2D eigenvalue weighted by Gasteiger charge is 2.36. The van der Waals surface area contributed by atoms with E-state index in [0.717, 1.165) is 12.8 Å². The van der Waals surface area contributed by atoms with E-state index in [0.29, 0.717) is 53.3 Å². The standard InChI is InChI=1S/C26H30N6O3/c1-4-22(33)31(5-2)16-17-13-18(14-17)32-25(27)23(26(34)28-3)24(30-32)21-12-11-20(15-29-21)35-19-9-7-6-8-10-19/h4,6-12,15,17-18H,1,5,13-14,16,27H2,2-3H3,(H,28,34). The fraction of sp³-hybridized carbons (Fsp3) is 0.308. The number of benzene rings is 1. The van der Waals surface area contributed by atoms with Crippen molar-refractivity contribution in [3.05, 3.63) is 66.9 Å². The van der Waals surface area contributed by atoms with E-state index in [1.807, 2.05) is 37.3 Å². The summed E-state index contributed by atoms with van der Waals surface area (Å²) in [6.45, 7) is 6.83. The number of hydrogen-bond donors (Lipinski definition) is 2. The third-order valence-corrected chi connectivity index (χ3v) is 6.26. The molecule has 35 heavy (non-hydrogen) atoms. The van der Waals surface area contributed by atoms with Crippen molar-refractivity contribution < 1.29 is 14.3 Å². The first-order valence-corrected chi connectivity index (χ1v) is 11.7. The lowest BCUT2D eigenvalue weighted by Crippen LogP contribution is -2.40. The summed E-state index contributed by atoms with van der Waals surface area (Å²) in [7, 11) is 1.56. The van der Waals surface area contributed by atoms with E-state index in [2.05, 4.69) is 16.9 Å². The number of anilines is 1. The average molecular weight is 475 g/mol. The molecule has 1 aromatic carbocycles. The van der Waals surface area contributed by atoms with Crippen molar-refractivity contribution in [1.82, 2.24) is 25.0 Å². The molecule has 3 aromatic rings. The number of pyridine rings is 1. The molecule has 1 fully saturated rings. The monoisotopic (exact) mass is 474 g/mol. The number of rotatable bonds is 9. The number of ether oxygens (including phenoxy) is 1. The van der Waals surface area contributed by atoms with Gasteiger partial charge in [0.2, 0.25) is 5.91 Å². The molecule has 0 radical (unpaired) electrons. The zero-order valence-corrected chi connectivity index (χ0v) is 20.0. The van der Waals surface area contributed by atoms with Crippen LogP contribution in [0.4, 0.5) is 5.82 Å². The lowest BCUT2D eigenvalue weighted by molar-refractivity contribution is -0.127. The molecular weight excluding hydrogens is 444 g/mol. The van der Waals surface area contributed by atoms with Gasteiger partial charge in [0.15, 0.2) is 0 Å². The van der Waals surface area contributed by atoms with Crippen molar-refractivity contribution in [1.29, 1.82) is 0 Å². The van der Waals surface area contributed by atoms with Gasteiger partial charge in [0.25, 0.3) is 5.91 Å². The summed E-state index contributed by atoms with van der Waals surface area (Å²) < 4.78 is 7.53. The molecule has 182 valence electrons. The highest BCUT2D eigenvalue weighted by atomic mass is 16.5. The number of amides is 2. The minimum Gasteiger partial charge on any atom is -0.456 e. The van der Waals surface area contributed by atoms with Gasteiger partial charge in [-0.25, -0.2) is 4.68 Å². The lowest BCUT2D eigenvalue weighted by Gasteiger charge is -2.38. The molecule has 0 spiro atoms. The van der Waals surface area contributed by atoms with Gasteiger partial charge in [-0.15, -0.1) is 0 Å². The van der Waals surface area contributed by atoms with Gasteiger partial charge >= 0.3 is 0 Å². The predicted molar refractivity (Wildman–Crippen MR) is 134 cm³/mol. The first-order valence-electron chi connectivity index (χ1n) is 11.7. The van der Waals surface area contributed by atoms with Gasteiger partial charge in [-0.1, -0.05) is 24.8 Å². The molecule has 9 heteroatoms. The van der Waals surface area contributed by atoms with Crippen LogP contribution in [0.3, 0.4) is 0 Å². The zero-order chi connectivity index (χ0) is 24.9. The molecule has 0 aliphatic heterocycles. The molecule has 0 bridgehead atoms. The Labute approximate surface area is 204 Å². The molecule has 1 saturated carbocycles. The third-order valence-electron chi connectivity index (χ3n) is 6.26. The fourth-order valence-electron chi connectivity index (χ4n) is 4.32. The first-order chi connectivity index (χ1) is 16.9. The second kappa shape index (κ2) is 10.4. The summed E-state index contributed by atoms with van der Waals surface area (Å²) in [5.41, 5.74) is 7.67. The minimum absolute atomic E-state index is 0.0513. The Hall–Kier alpha value is -4.14. The summed E-state index contributed by atoms with van der Waals surface area (Å²) >= 11 is 0. The molecule has 9 nitrogen and oxygen atoms in total. The number of carbonyl (C=O) groups excluding carboxylic acids is 2. The van der Waals surface area contributed by atoms with Gasteiger partial charge < -0.3 is 20.7 Å². The number of para-hydroxylation sites is 1. The van der Waals surface area contributed by atoms with Gasteiger partial charge in [-0.05, 0) is 56.0 Å². The molecule has 0 saturated heterocycles. The molecule has 4 rings (SSSR count). The van der Waals surface area contributed by atoms with Crippen molar-refractivity contribution in [3.8, 4) is 22.9 Å². The van der Waals surface area contributed by atoms with E-state index in [9.17, 15) is 9.59 Å². The van der Waals surface area contributed by atoms with E-state index in [-0.39, 0.29) is 17.9 Å². The summed E-state index contributed by atoms with van der Waals surface area (Å²) in [4.78, 5) is 30.9. The zero-order valence-electron chi connectivity index (χ0n) is 20.0. The van der Waals surface area contributed by atoms with Crippen LogP contribution in [0, 0.1) is 5.92 Å². The maximum Gasteiger partial charge on any atom is 0.257 e.